The summed E-state index contributed by atoms with van der Waals surface area (Å²) in [6.45, 7) is 8.89. The van der Waals surface area contributed by atoms with Gasteiger partial charge < -0.3 is 10.4 Å². The van der Waals surface area contributed by atoms with Crippen LogP contribution >= 0.6 is 0 Å². The zero-order chi connectivity index (χ0) is 12.9. The smallest absolute Gasteiger partial charge is 0.246 e. The Kier molecular flexibility index (Phi) is 5.65. The molecule has 94 valence electrons. The van der Waals surface area contributed by atoms with Crippen LogP contribution in [0.2, 0.25) is 0 Å². The molecule has 2 N–H and O–H groups in total. The predicted octanol–water partition coefficient (Wildman–Crippen LogP) is 1.12. The van der Waals surface area contributed by atoms with Gasteiger partial charge in [-0.15, -0.1) is 0 Å². The summed E-state index contributed by atoms with van der Waals surface area (Å²) in [6, 6.07) is -0.500. The molecule has 0 heterocycles. The summed E-state index contributed by atoms with van der Waals surface area (Å²) in [7, 11) is 0. The molecular formula is C12H23NO3. The standard InChI is InChI=1S/C12H23NO3/c1-8(2)6-9(13-10(15)7-14)11(16)12(3,4)5/h8-9,14H,6-7H2,1-5H3,(H,13,15)/t9-/m0/s1. The predicted molar refractivity (Wildman–Crippen MR) is 62.9 cm³/mol. The molecule has 4 heteroatoms. The molecule has 0 aliphatic heterocycles. The number of carbonyl (C=O) groups is 2. The minimum Gasteiger partial charge on any atom is -0.387 e. The van der Waals surface area contributed by atoms with Gasteiger partial charge in [-0.2, -0.15) is 0 Å². The Morgan fingerprint density at radius 2 is 1.75 bits per heavy atom. The number of ketones is 1. The molecule has 4 nitrogen and oxygen atoms in total. The van der Waals surface area contributed by atoms with Gasteiger partial charge in [-0.05, 0) is 12.3 Å². The van der Waals surface area contributed by atoms with Gasteiger partial charge in [-0.3, -0.25) is 9.59 Å². The first-order valence-corrected chi connectivity index (χ1v) is 5.63. The Bertz CT molecular complexity index is 253. The maximum absolute atomic E-state index is 12.1. The molecule has 0 aromatic carbocycles. The van der Waals surface area contributed by atoms with E-state index in [4.69, 9.17) is 5.11 Å². The second-order valence-electron chi connectivity index (χ2n) is 5.52. The van der Waals surface area contributed by atoms with Gasteiger partial charge >= 0.3 is 0 Å². The third-order valence-electron chi connectivity index (χ3n) is 2.24. The van der Waals surface area contributed by atoms with Gasteiger partial charge in [-0.25, -0.2) is 0 Å². The minimum atomic E-state index is -0.577. The highest BCUT2D eigenvalue weighted by Gasteiger charge is 2.30. The van der Waals surface area contributed by atoms with Crippen LogP contribution in [-0.2, 0) is 9.59 Å². The number of carbonyl (C=O) groups excluding carboxylic acids is 2. The van der Waals surface area contributed by atoms with Crippen molar-refractivity contribution in [2.45, 2.75) is 47.1 Å². The molecule has 0 aromatic heterocycles. The van der Waals surface area contributed by atoms with Crippen LogP contribution in [0.25, 0.3) is 0 Å². The maximum Gasteiger partial charge on any atom is 0.246 e. The van der Waals surface area contributed by atoms with Crippen LogP contribution in [0.5, 0.6) is 0 Å². The van der Waals surface area contributed by atoms with Crippen molar-refractivity contribution in [3.05, 3.63) is 0 Å². The van der Waals surface area contributed by atoms with Gasteiger partial charge in [0, 0.05) is 5.41 Å². The quantitative estimate of drug-likeness (QED) is 0.742. The molecule has 1 atom stereocenters. The Hall–Kier alpha value is -0.900. The number of aliphatic hydroxyl groups is 1. The maximum atomic E-state index is 12.1. The summed E-state index contributed by atoms with van der Waals surface area (Å²) in [4.78, 5) is 23.2. The summed E-state index contributed by atoms with van der Waals surface area (Å²) in [5, 5.41) is 11.2. The van der Waals surface area contributed by atoms with Crippen molar-refractivity contribution in [1.29, 1.82) is 0 Å². The topological polar surface area (TPSA) is 66.4 Å². The summed E-state index contributed by atoms with van der Waals surface area (Å²) in [5.41, 5.74) is -0.484. The molecule has 0 saturated carbocycles. The van der Waals surface area contributed by atoms with Crippen molar-refractivity contribution in [2.24, 2.45) is 11.3 Å². The van der Waals surface area contributed by atoms with Crippen LogP contribution < -0.4 is 5.32 Å². The first kappa shape index (κ1) is 15.1. The van der Waals surface area contributed by atoms with Gasteiger partial charge in [0.2, 0.25) is 5.91 Å². The second kappa shape index (κ2) is 5.99. The fourth-order valence-corrected chi connectivity index (χ4v) is 1.47. The summed E-state index contributed by atoms with van der Waals surface area (Å²) in [5.74, 6) is -0.179. The average molecular weight is 229 g/mol. The van der Waals surface area contributed by atoms with Crippen molar-refractivity contribution < 1.29 is 14.7 Å². The van der Waals surface area contributed by atoms with Crippen molar-refractivity contribution in [3.8, 4) is 0 Å². The first-order chi connectivity index (χ1) is 7.18. The minimum absolute atomic E-state index is 0.00278. The number of amides is 1. The molecular weight excluding hydrogens is 206 g/mol. The lowest BCUT2D eigenvalue weighted by atomic mass is 9.83. The fraction of sp³-hybridized carbons (Fsp3) is 0.833. The van der Waals surface area contributed by atoms with Crippen LogP contribution in [0.1, 0.15) is 41.0 Å². The van der Waals surface area contributed by atoms with Crippen LogP contribution in [0.15, 0.2) is 0 Å². The van der Waals surface area contributed by atoms with Crippen molar-refractivity contribution >= 4 is 11.7 Å². The number of hydrogen-bond donors (Lipinski definition) is 2. The van der Waals surface area contributed by atoms with Crippen LogP contribution in [0, 0.1) is 11.3 Å². The Morgan fingerprint density at radius 3 is 2.06 bits per heavy atom. The zero-order valence-electron chi connectivity index (χ0n) is 10.8. The summed E-state index contributed by atoms with van der Waals surface area (Å²) >= 11 is 0. The van der Waals surface area contributed by atoms with E-state index in [1.807, 2.05) is 34.6 Å². The molecule has 0 saturated heterocycles. The highest BCUT2D eigenvalue weighted by Crippen LogP contribution is 2.20. The van der Waals surface area contributed by atoms with Gasteiger partial charge in [-0.1, -0.05) is 34.6 Å². The molecule has 0 aliphatic rings. The Balaban J connectivity index is 4.67. The number of nitrogens with one attached hydrogen (secondary N) is 1. The van der Waals surface area contributed by atoms with Gasteiger partial charge in [0.1, 0.15) is 6.61 Å². The lowest BCUT2D eigenvalue weighted by Crippen LogP contribution is -2.47. The van der Waals surface area contributed by atoms with Crippen LogP contribution in [0.4, 0.5) is 0 Å². The highest BCUT2D eigenvalue weighted by atomic mass is 16.3. The summed E-state index contributed by atoms with van der Waals surface area (Å²) < 4.78 is 0. The average Bonchev–Trinajstić information content (AvgIpc) is 2.13. The van der Waals surface area contributed by atoms with E-state index in [-0.39, 0.29) is 5.78 Å². The van der Waals surface area contributed by atoms with E-state index in [2.05, 4.69) is 5.32 Å². The molecule has 0 fully saturated rings. The number of aliphatic hydroxyl groups excluding tert-OH is 1. The van der Waals surface area contributed by atoms with E-state index in [1.165, 1.54) is 0 Å². The lowest BCUT2D eigenvalue weighted by molar-refractivity contribution is -0.133. The van der Waals surface area contributed by atoms with Gasteiger partial charge in [0.15, 0.2) is 5.78 Å². The van der Waals surface area contributed by atoms with E-state index in [9.17, 15) is 9.59 Å². The molecule has 0 spiro atoms. The largest absolute Gasteiger partial charge is 0.387 e. The van der Waals surface area contributed by atoms with Gasteiger partial charge in [0.05, 0.1) is 6.04 Å². The monoisotopic (exact) mass is 229 g/mol. The number of hydrogen-bond acceptors (Lipinski definition) is 3. The van der Waals surface area contributed by atoms with Crippen molar-refractivity contribution in [3.63, 3.8) is 0 Å². The lowest BCUT2D eigenvalue weighted by Gasteiger charge is -2.26. The van der Waals surface area contributed by atoms with Crippen molar-refractivity contribution in [1.82, 2.24) is 5.32 Å². The first-order valence-electron chi connectivity index (χ1n) is 5.63. The molecule has 16 heavy (non-hydrogen) atoms. The van der Waals surface area contributed by atoms with Crippen molar-refractivity contribution in [2.75, 3.05) is 6.61 Å². The van der Waals surface area contributed by atoms with E-state index < -0.39 is 24.0 Å². The zero-order valence-corrected chi connectivity index (χ0v) is 10.8. The van der Waals surface area contributed by atoms with Gasteiger partial charge in [0.25, 0.3) is 0 Å². The van der Waals surface area contributed by atoms with E-state index in [0.717, 1.165) is 0 Å². The molecule has 1 amide bonds. The molecule has 0 bridgehead atoms. The normalized spacial score (nSPS) is 13.7. The molecule has 0 aromatic rings. The van der Waals surface area contributed by atoms with E-state index in [0.29, 0.717) is 12.3 Å². The van der Waals surface area contributed by atoms with Crippen LogP contribution in [0.3, 0.4) is 0 Å². The molecule has 0 rings (SSSR count). The molecule has 0 aliphatic carbocycles. The molecule has 0 unspecified atom stereocenters. The van der Waals surface area contributed by atoms with E-state index >= 15 is 0 Å². The summed E-state index contributed by atoms with van der Waals surface area (Å²) in [6.07, 6.45) is 0.599. The fourth-order valence-electron chi connectivity index (χ4n) is 1.47. The Labute approximate surface area is 97.4 Å². The van der Waals surface area contributed by atoms with E-state index in [1.54, 1.807) is 0 Å². The number of Topliss-reactive ketones (excluding diaryl/α,β-unsaturated/α-hetero) is 1. The van der Waals surface area contributed by atoms with Crippen LogP contribution in [-0.4, -0.2) is 29.4 Å². The third-order valence-corrected chi connectivity index (χ3v) is 2.24. The Morgan fingerprint density at radius 1 is 1.25 bits per heavy atom. The second-order valence-corrected chi connectivity index (χ2v) is 5.52. The SMILES string of the molecule is CC(C)C[C@H](NC(=O)CO)C(=O)C(C)(C)C. The number of rotatable bonds is 5. The third kappa shape index (κ3) is 5.26. The highest BCUT2D eigenvalue weighted by molar-refractivity contribution is 5.92. The molecule has 0 radical (unpaired) electrons.